The Balaban J connectivity index is 1.65. The van der Waals surface area contributed by atoms with Crippen molar-refractivity contribution in [1.29, 1.82) is 0 Å². The van der Waals surface area contributed by atoms with Gasteiger partial charge >= 0.3 is 5.97 Å². The zero-order chi connectivity index (χ0) is 30.6. The third kappa shape index (κ3) is 8.61. The standard InChI is InChI=1S/C30H32N6O7/c1-40-15-16-43-25-13-9-21(10-14-25)32-28-27(29(37)42-3)26(19-31-18-20-7-11-24(41-2)12-8-20)34-30(35-28)33-22-5-4-6-23(17-22)36(38)39/h4-14,17,31H,15-16,18-19H2,1-3H3,(H2,32,33,34,35). The van der Waals surface area contributed by atoms with Crippen LogP contribution in [0.25, 0.3) is 0 Å². The van der Waals surface area contributed by atoms with E-state index < -0.39 is 10.9 Å². The van der Waals surface area contributed by atoms with E-state index in [4.69, 9.17) is 18.9 Å². The molecule has 0 aliphatic rings. The van der Waals surface area contributed by atoms with Crippen LogP contribution in [0.1, 0.15) is 21.6 Å². The van der Waals surface area contributed by atoms with Gasteiger partial charge in [-0.25, -0.2) is 9.78 Å². The lowest BCUT2D eigenvalue weighted by Crippen LogP contribution is -2.20. The number of anilines is 4. The number of hydrogen-bond acceptors (Lipinski definition) is 12. The lowest BCUT2D eigenvalue weighted by molar-refractivity contribution is -0.384. The van der Waals surface area contributed by atoms with Crippen LogP contribution in [0.5, 0.6) is 11.5 Å². The number of ether oxygens (including phenoxy) is 4. The van der Waals surface area contributed by atoms with E-state index in [9.17, 15) is 14.9 Å². The first-order valence-electron chi connectivity index (χ1n) is 13.2. The molecule has 0 saturated heterocycles. The molecular weight excluding hydrogens is 556 g/mol. The molecule has 0 atom stereocenters. The summed E-state index contributed by atoms with van der Waals surface area (Å²) in [7, 11) is 4.48. The van der Waals surface area contributed by atoms with E-state index in [1.165, 1.54) is 19.2 Å². The first kappa shape index (κ1) is 30.7. The zero-order valence-electron chi connectivity index (χ0n) is 24.0. The minimum absolute atomic E-state index is 0.0938. The molecule has 0 saturated carbocycles. The molecule has 224 valence electrons. The van der Waals surface area contributed by atoms with Crippen molar-refractivity contribution in [3.63, 3.8) is 0 Å². The molecule has 0 unspecified atom stereocenters. The van der Waals surface area contributed by atoms with Gasteiger partial charge in [-0.3, -0.25) is 10.1 Å². The lowest BCUT2D eigenvalue weighted by atomic mass is 10.1. The maximum Gasteiger partial charge on any atom is 0.343 e. The summed E-state index contributed by atoms with van der Waals surface area (Å²) in [6, 6.07) is 20.6. The van der Waals surface area contributed by atoms with E-state index in [1.807, 2.05) is 24.3 Å². The smallest absolute Gasteiger partial charge is 0.343 e. The van der Waals surface area contributed by atoms with Crippen LogP contribution in [0.15, 0.2) is 72.8 Å². The molecule has 0 fully saturated rings. The summed E-state index contributed by atoms with van der Waals surface area (Å²) in [4.78, 5) is 33.0. The molecule has 13 nitrogen and oxygen atoms in total. The second kappa shape index (κ2) is 15.1. The molecule has 0 spiro atoms. The second-order valence-corrected chi connectivity index (χ2v) is 9.08. The number of rotatable bonds is 15. The van der Waals surface area contributed by atoms with Crippen LogP contribution in [0.2, 0.25) is 0 Å². The third-order valence-electron chi connectivity index (χ3n) is 6.14. The zero-order valence-corrected chi connectivity index (χ0v) is 24.0. The van der Waals surface area contributed by atoms with Crippen LogP contribution < -0.4 is 25.4 Å². The van der Waals surface area contributed by atoms with Crippen molar-refractivity contribution in [3.8, 4) is 11.5 Å². The summed E-state index contributed by atoms with van der Waals surface area (Å²) in [6.07, 6.45) is 0. The molecule has 43 heavy (non-hydrogen) atoms. The number of nitro benzene ring substituents is 1. The van der Waals surface area contributed by atoms with Crippen molar-refractivity contribution in [2.45, 2.75) is 13.1 Å². The topological polar surface area (TPSA) is 159 Å². The first-order valence-corrected chi connectivity index (χ1v) is 13.2. The largest absolute Gasteiger partial charge is 0.497 e. The van der Waals surface area contributed by atoms with Gasteiger partial charge in [0.1, 0.15) is 23.7 Å². The molecule has 1 aromatic heterocycles. The molecule has 0 aliphatic heterocycles. The highest BCUT2D eigenvalue weighted by atomic mass is 16.6. The molecule has 0 bridgehead atoms. The highest BCUT2D eigenvalue weighted by Gasteiger charge is 2.22. The van der Waals surface area contributed by atoms with Gasteiger partial charge in [0.15, 0.2) is 5.82 Å². The molecular formula is C30H32N6O7. The number of methoxy groups -OCH3 is 3. The molecule has 1 heterocycles. The molecule has 4 rings (SSSR count). The fraction of sp³-hybridized carbons (Fsp3) is 0.233. The van der Waals surface area contributed by atoms with Gasteiger partial charge in [0, 0.05) is 43.7 Å². The van der Waals surface area contributed by atoms with Crippen molar-refractivity contribution in [2.24, 2.45) is 0 Å². The summed E-state index contributed by atoms with van der Waals surface area (Å²) >= 11 is 0. The van der Waals surface area contributed by atoms with Crippen LogP contribution in [0, 0.1) is 10.1 Å². The third-order valence-corrected chi connectivity index (χ3v) is 6.14. The van der Waals surface area contributed by atoms with Gasteiger partial charge in [0.2, 0.25) is 5.95 Å². The van der Waals surface area contributed by atoms with E-state index in [2.05, 4.69) is 25.9 Å². The van der Waals surface area contributed by atoms with Gasteiger partial charge in [-0.05, 0) is 48.0 Å². The summed E-state index contributed by atoms with van der Waals surface area (Å²) in [5, 5.41) is 20.8. The number of aromatic nitrogens is 2. The Morgan fingerprint density at radius 2 is 1.60 bits per heavy atom. The van der Waals surface area contributed by atoms with Crippen LogP contribution in [0.3, 0.4) is 0 Å². The Labute approximate surface area is 248 Å². The number of carbonyl (C=O) groups excluding carboxylic acids is 1. The predicted molar refractivity (Wildman–Crippen MR) is 160 cm³/mol. The lowest BCUT2D eigenvalue weighted by Gasteiger charge is -2.17. The monoisotopic (exact) mass is 588 g/mol. The molecule has 0 amide bonds. The highest BCUT2D eigenvalue weighted by molar-refractivity contribution is 5.97. The van der Waals surface area contributed by atoms with Crippen LogP contribution in [-0.2, 0) is 22.6 Å². The number of carbonyl (C=O) groups is 1. The molecule has 3 N–H and O–H groups in total. The quantitative estimate of drug-likeness (QED) is 0.0741. The van der Waals surface area contributed by atoms with Gasteiger partial charge in [-0.15, -0.1) is 0 Å². The van der Waals surface area contributed by atoms with Crippen molar-refractivity contribution < 1.29 is 28.7 Å². The summed E-state index contributed by atoms with van der Waals surface area (Å²) < 4.78 is 21.0. The van der Waals surface area contributed by atoms with Crippen LogP contribution in [0.4, 0.5) is 28.8 Å². The average molecular weight is 589 g/mol. The Kier molecular flexibility index (Phi) is 10.8. The normalized spacial score (nSPS) is 10.6. The van der Waals surface area contributed by atoms with Gasteiger partial charge < -0.3 is 34.9 Å². The molecule has 0 aliphatic carbocycles. The van der Waals surface area contributed by atoms with E-state index in [1.54, 1.807) is 50.6 Å². The number of nitrogens with one attached hydrogen (secondary N) is 3. The number of hydrogen-bond donors (Lipinski definition) is 3. The summed E-state index contributed by atoms with van der Waals surface area (Å²) in [5.74, 6) is 1.07. The minimum atomic E-state index is -0.634. The summed E-state index contributed by atoms with van der Waals surface area (Å²) in [5.41, 5.74) is 2.42. The van der Waals surface area contributed by atoms with Crippen molar-refractivity contribution in [3.05, 3.63) is 99.7 Å². The Morgan fingerprint density at radius 3 is 2.28 bits per heavy atom. The van der Waals surface area contributed by atoms with E-state index in [-0.39, 0.29) is 29.6 Å². The number of nitrogens with zero attached hydrogens (tertiary/aromatic N) is 3. The van der Waals surface area contributed by atoms with E-state index in [0.29, 0.717) is 42.6 Å². The first-order chi connectivity index (χ1) is 20.9. The Hall–Kier alpha value is -5.27. The van der Waals surface area contributed by atoms with Crippen molar-refractivity contribution in [2.75, 3.05) is 45.2 Å². The van der Waals surface area contributed by atoms with Gasteiger partial charge in [0.05, 0.1) is 31.4 Å². The van der Waals surface area contributed by atoms with Crippen LogP contribution >= 0.6 is 0 Å². The van der Waals surface area contributed by atoms with Crippen molar-refractivity contribution >= 4 is 34.8 Å². The average Bonchev–Trinajstić information content (AvgIpc) is 3.02. The number of esters is 1. The maximum atomic E-state index is 13.0. The number of nitro groups is 1. The van der Waals surface area contributed by atoms with Crippen molar-refractivity contribution in [1.82, 2.24) is 15.3 Å². The molecule has 0 radical (unpaired) electrons. The summed E-state index contributed by atoms with van der Waals surface area (Å²) in [6.45, 7) is 1.53. The maximum absolute atomic E-state index is 13.0. The number of benzene rings is 3. The van der Waals surface area contributed by atoms with E-state index >= 15 is 0 Å². The van der Waals surface area contributed by atoms with Crippen LogP contribution in [-0.4, -0.2) is 55.4 Å². The van der Waals surface area contributed by atoms with Gasteiger partial charge in [-0.1, -0.05) is 18.2 Å². The van der Waals surface area contributed by atoms with Gasteiger partial charge in [-0.2, -0.15) is 4.98 Å². The number of non-ortho nitro benzene ring substituents is 1. The van der Waals surface area contributed by atoms with Gasteiger partial charge in [0.25, 0.3) is 5.69 Å². The Morgan fingerprint density at radius 1 is 0.860 bits per heavy atom. The SMILES string of the molecule is COCCOc1ccc(Nc2nc(Nc3cccc([N+](=O)[O-])c3)nc(CNCc3ccc(OC)cc3)c2C(=O)OC)cc1. The predicted octanol–water partition coefficient (Wildman–Crippen LogP) is 4.98. The second-order valence-electron chi connectivity index (χ2n) is 9.08. The fourth-order valence-corrected chi connectivity index (χ4v) is 4.01. The highest BCUT2D eigenvalue weighted by Crippen LogP contribution is 2.27. The van der Waals surface area contributed by atoms with E-state index in [0.717, 1.165) is 11.3 Å². The minimum Gasteiger partial charge on any atom is -0.497 e. The molecule has 13 heteroatoms. The molecule has 3 aromatic carbocycles. The molecule has 4 aromatic rings. The fourth-order valence-electron chi connectivity index (χ4n) is 4.01. The Bertz CT molecular complexity index is 1530.